The highest BCUT2D eigenvalue weighted by atomic mass is 16.5. The summed E-state index contributed by atoms with van der Waals surface area (Å²) in [7, 11) is 1.59. The summed E-state index contributed by atoms with van der Waals surface area (Å²) in [5.41, 5.74) is 2.72. The number of amides is 3. The molecule has 0 aromatic heterocycles. The molecule has 1 aliphatic heterocycles. The van der Waals surface area contributed by atoms with E-state index in [9.17, 15) is 9.59 Å². The molecule has 1 aliphatic rings. The van der Waals surface area contributed by atoms with Gasteiger partial charge in [0.05, 0.1) is 13.2 Å². The molecule has 2 aromatic carbocycles. The molecule has 1 saturated heterocycles. The second-order valence-corrected chi connectivity index (χ2v) is 6.98. The molecule has 1 heterocycles. The third-order valence-corrected chi connectivity index (χ3v) is 4.66. The van der Waals surface area contributed by atoms with Crippen molar-refractivity contribution >= 4 is 23.3 Å². The Kier molecular flexibility index (Phi) is 5.64. The van der Waals surface area contributed by atoms with E-state index in [-0.39, 0.29) is 24.4 Å². The quantitative estimate of drug-likeness (QED) is 0.846. The van der Waals surface area contributed by atoms with Gasteiger partial charge in [0.15, 0.2) is 0 Å². The number of anilines is 2. The van der Waals surface area contributed by atoms with Crippen molar-refractivity contribution in [3.63, 3.8) is 0 Å². The molecule has 0 bridgehead atoms. The molecule has 6 nitrogen and oxygen atoms in total. The van der Waals surface area contributed by atoms with Crippen LogP contribution in [-0.4, -0.2) is 31.6 Å². The summed E-state index contributed by atoms with van der Waals surface area (Å²) in [5.74, 6) is 1.12. The van der Waals surface area contributed by atoms with Crippen molar-refractivity contribution in [2.24, 2.45) is 0 Å². The van der Waals surface area contributed by atoms with Crippen LogP contribution in [0.15, 0.2) is 48.5 Å². The van der Waals surface area contributed by atoms with Gasteiger partial charge in [-0.05, 0) is 35.7 Å². The van der Waals surface area contributed by atoms with E-state index >= 15 is 0 Å². The molecule has 0 aliphatic carbocycles. The fourth-order valence-electron chi connectivity index (χ4n) is 3.14. The number of carbonyl (C=O) groups excluding carboxylic acids is 2. The number of rotatable bonds is 5. The molecule has 2 N–H and O–H groups in total. The van der Waals surface area contributed by atoms with Gasteiger partial charge in [-0.2, -0.15) is 0 Å². The van der Waals surface area contributed by atoms with Gasteiger partial charge < -0.3 is 20.3 Å². The third kappa shape index (κ3) is 4.58. The van der Waals surface area contributed by atoms with Crippen LogP contribution in [0.1, 0.15) is 31.7 Å². The Morgan fingerprint density at radius 3 is 2.59 bits per heavy atom. The number of nitrogens with zero attached hydrogens (tertiary/aromatic N) is 1. The van der Waals surface area contributed by atoms with Crippen LogP contribution >= 0.6 is 0 Å². The van der Waals surface area contributed by atoms with E-state index in [1.54, 1.807) is 12.0 Å². The molecular formula is C21H25N3O3. The van der Waals surface area contributed by atoms with E-state index in [1.807, 2.05) is 48.5 Å². The van der Waals surface area contributed by atoms with Crippen LogP contribution in [0, 0.1) is 0 Å². The van der Waals surface area contributed by atoms with E-state index in [0.29, 0.717) is 18.2 Å². The summed E-state index contributed by atoms with van der Waals surface area (Å²) in [6, 6.07) is 14.6. The summed E-state index contributed by atoms with van der Waals surface area (Å²) >= 11 is 0. The molecule has 0 unspecified atom stereocenters. The van der Waals surface area contributed by atoms with Crippen LogP contribution in [0.3, 0.4) is 0 Å². The Morgan fingerprint density at radius 2 is 1.93 bits per heavy atom. The predicted octanol–water partition coefficient (Wildman–Crippen LogP) is 3.75. The molecule has 6 heteroatoms. The third-order valence-electron chi connectivity index (χ3n) is 4.66. The Bertz CT molecular complexity index is 818. The van der Waals surface area contributed by atoms with E-state index in [4.69, 9.17) is 4.74 Å². The van der Waals surface area contributed by atoms with Crippen LogP contribution in [-0.2, 0) is 4.79 Å². The normalized spacial score (nSPS) is 16.5. The first-order valence-electron chi connectivity index (χ1n) is 9.08. The SMILES string of the molecule is COc1cccc(N2C[C@H](NC(=O)Nc3ccc(C(C)C)cc3)CC2=O)c1. The summed E-state index contributed by atoms with van der Waals surface area (Å²) in [6.07, 6.45) is 0.275. The fraction of sp³-hybridized carbons (Fsp3) is 0.333. The Morgan fingerprint density at radius 1 is 1.19 bits per heavy atom. The van der Waals surface area contributed by atoms with Crippen LogP contribution in [0.5, 0.6) is 5.75 Å². The van der Waals surface area contributed by atoms with Gasteiger partial charge in [-0.25, -0.2) is 4.79 Å². The van der Waals surface area contributed by atoms with Gasteiger partial charge in [0.2, 0.25) is 5.91 Å². The van der Waals surface area contributed by atoms with Gasteiger partial charge in [-0.3, -0.25) is 4.79 Å². The van der Waals surface area contributed by atoms with Crippen LogP contribution in [0.25, 0.3) is 0 Å². The largest absolute Gasteiger partial charge is 0.497 e. The zero-order valence-electron chi connectivity index (χ0n) is 15.9. The maximum absolute atomic E-state index is 12.3. The van der Waals surface area contributed by atoms with Crippen molar-refractivity contribution in [3.05, 3.63) is 54.1 Å². The summed E-state index contributed by atoms with van der Waals surface area (Å²) in [5, 5.41) is 5.70. The maximum atomic E-state index is 12.3. The lowest BCUT2D eigenvalue weighted by atomic mass is 10.0. The van der Waals surface area contributed by atoms with Gasteiger partial charge in [-0.1, -0.05) is 32.0 Å². The van der Waals surface area contributed by atoms with Crippen molar-refractivity contribution in [2.45, 2.75) is 32.2 Å². The van der Waals surface area contributed by atoms with Gasteiger partial charge in [-0.15, -0.1) is 0 Å². The molecular weight excluding hydrogens is 342 g/mol. The predicted molar refractivity (Wildman–Crippen MR) is 106 cm³/mol. The molecule has 0 radical (unpaired) electrons. The summed E-state index contributed by atoms with van der Waals surface area (Å²) < 4.78 is 5.21. The topological polar surface area (TPSA) is 70.7 Å². The number of carbonyl (C=O) groups is 2. The lowest BCUT2D eigenvalue weighted by Crippen LogP contribution is -2.39. The van der Waals surface area contributed by atoms with E-state index in [2.05, 4.69) is 24.5 Å². The minimum Gasteiger partial charge on any atom is -0.497 e. The second-order valence-electron chi connectivity index (χ2n) is 6.98. The van der Waals surface area contributed by atoms with Crippen molar-refractivity contribution in [3.8, 4) is 5.75 Å². The molecule has 3 rings (SSSR count). The number of hydrogen-bond acceptors (Lipinski definition) is 3. The molecule has 1 atom stereocenters. The fourth-order valence-corrected chi connectivity index (χ4v) is 3.14. The molecule has 0 spiro atoms. The van der Waals surface area contributed by atoms with Crippen LogP contribution < -0.4 is 20.3 Å². The van der Waals surface area contributed by atoms with Gasteiger partial charge >= 0.3 is 6.03 Å². The summed E-state index contributed by atoms with van der Waals surface area (Å²) in [4.78, 5) is 26.3. The first-order valence-corrected chi connectivity index (χ1v) is 9.08. The first kappa shape index (κ1) is 18.8. The Balaban J connectivity index is 1.58. The van der Waals surface area contributed by atoms with Crippen molar-refractivity contribution in [1.82, 2.24) is 5.32 Å². The zero-order valence-corrected chi connectivity index (χ0v) is 15.9. The number of benzene rings is 2. The Hall–Kier alpha value is -3.02. The van der Waals surface area contributed by atoms with Gasteiger partial charge in [0.1, 0.15) is 5.75 Å². The molecule has 142 valence electrons. The van der Waals surface area contributed by atoms with E-state index < -0.39 is 0 Å². The molecule has 0 saturated carbocycles. The molecule has 3 amide bonds. The monoisotopic (exact) mass is 367 g/mol. The van der Waals surface area contributed by atoms with Crippen molar-refractivity contribution < 1.29 is 14.3 Å². The highest BCUT2D eigenvalue weighted by molar-refractivity contribution is 5.97. The molecule has 1 fully saturated rings. The average Bonchev–Trinajstić information content (AvgIpc) is 3.02. The maximum Gasteiger partial charge on any atom is 0.319 e. The average molecular weight is 367 g/mol. The van der Waals surface area contributed by atoms with Crippen LogP contribution in [0.2, 0.25) is 0 Å². The van der Waals surface area contributed by atoms with Crippen LogP contribution in [0.4, 0.5) is 16.2 Å². The smallest absolute Gasteiger partial charge is 0.319 e. The van der Waals surface area contributed by atoms with Gasteiger partial charge in [0.25, 0.3) is 0 Å². The number of nitrogens with one attached hydrogen (secondary N) is 2. The van der Waals surface area contributed by atoms with E-state index in [1.165, 1.54) is 5.56 Å². The number of hydrogen-bond donors (Lipinski definition) is 2. The molecule has 2 aromatic rings. The highest BCUT2D eigenvalue weighted by Gasteiger charge is 2.31. The minimum absolute atomic E-state index is 0.0187. The first-order chi connectivity index (χ1) is 13.0. The van der Waals surface area contributed by atoms with Crippen molar-refractivity contribution in [2.75, 3.05) is 23.9 Å². The minimum atomic E-state index is -0.308. The van der Waals surface area contributed by atoms with E-state index in [0.717, 1.165) is 11.4 Å². The lowest BCUT2D eigenvalue weighted by Gasteiger charge is -2.18. The number of methoxy groups -OCH3 is 1. The summed E-state index contributed by atoms with van der Waals surface area (Å²) in [6.45, 7) is 4.69. The lowest BCUT2D eigenvalue weighted by molar-refractivity contribution is -0.117. The van der Waals surface area contributed by atoms with Gasteiger partial charge in [0, 0.05) is 30.4 Å². The Labute approximate surface area is 159 Å². The number of ether oxygens (including phenoxy) is 1. The zero-order chi connectivity index (χ0) is 19.4. The molecule has 27 heavy (non-hydrogen) atoms. The second kappa shape index (κ2) is 8.12. The van der Waals surface area contributed by atoms with Crippen molar-refractivity contribution in [1.29, 1.82) is 0 Å². The number of urea groups is 1. The highest BCUT2D eigenvalue weighted by Crippen LogP contribution is 2.25. The standard InChI is InChI=1S/C21H25N3O3/c1-14(2)15-7-9-16(10-8-15)22-21(26)23-17-11-20(25)24(13-17)18-5-4-6-19(12-18)27-3/h4-10,12,14,17H,11,13H2,1-3H3,(H2,22,23,26)/t17-/m1/s1.